The number of ether oxygens (including phenoxy) is 1. The third-order valence-electron chi connectivity index (χ3n) is 4.63. The Kier molecular flexibility index (Phi) is 3.80. The molecule has 3 aromatic rings. The number of hydrogen-bond acceptors (Lipinski definition) is 3. The Bertz CT molecular complexity index is 1010. The van der Waals surface area contributed by atoms with Crippen LogP contribution < -0.4 is 4.74 Å². The normalized spacial score (nSPS) is 13.9. The minimum Gasteiger partial charge on any atom is -0.504 e. The van der Waals surface area contributed by atoms with Gasteiger partial charge in [-0.1, -0.05) is 24.3 Å². The zero-order chi connectivity index (χ0) is 17.4. The van der Waals surface area contributed by atoms with Gasteiger partial charge in [-0.2, -0.15) is 0 Å². The molecule has 0 amide bonds. The number of phenolic OH excluding ortho intramolecular Hbond substituents is 1. The molecule has 2 aromatic carbocycles. The molecule has 2 N–H and O–H groups in total. The number of aromatic amines is 1. The van der Waals surface area contributed by atoms with Gasteiger partial charge in [0.05, 0.1) is 18.5 Å². The van der Waals surface area contributed by atoms with Gasteiger partial charge in [-0.15, -0.1) is 0 Å². The van der Waals surface area contributed by atoms with Crippen LogP contribution in [0, 0.1) is 6.92 Å². The van der Waals surface area contributed by atoms with Crippen LogP contribution in [0.5, 0.6) is 11.5 Å². The van der Waals surface area contributed by atoms with Crippen molar-refractivity contribution >= 4 is 22.7 Å². The standard InChI is InChI=1S/C21H20N2O2/c1-13-6-8-15-16-10-11-22-17(20(16)23-18(15)12-13)9-7-14-4-3-5-19(25-2)21(14)24/h3-9,12,23-24H,10-11H2,1-2H3. The minimum atomic E-state index is 0.144. The van der Waals surface area contributed by atoms with Gasteiger partial charge in [0.15, 0.2) is 11.5 Å². The van der Waals surface area contributed by atoms with Gasteiger partial charge in [0.2, 0.25) is 0 Å². The van der Waals surface area contributed by atoms with Crippen molar-refractivity contribution in [2.45, 2.75) is 13.3 Å². The highest BCUT2D eigenvalue weighted by Crippen LogP contribution is 2.31. The number of nitrogens with one attached hydrogen (secondary N) is 1. The van der Waals surface area contributed by atoms with Crippen LogP contribution in [0.4, 0.5) is 0 Å². The number of para-hydroxylation sites is 1. The number of aliphatic imine (C=N–C) groups is 1. The summed E-state index contributed by atoms with van der Waals surface area (Å²) < 4.78 is 5.16. The molecule has 1 aliphatic rings. The van der Waals surface area contributed by atoms with Gasteiger partial charge in [0.25, 0.3) is 0 Å². The Morgan fingerprint density at radius 2 is 2.08 bits per heavy atom. The number of aromatic nitrogens is 1. The molecule has 0 unspecified atom stereocenters. The molecule has 0 bridgehead atoms. The van der Waals surface area contributed by atoms with Crippen molar-refractivity contribution in [2.24, 2.45) is 4.99 Å². The number of fused-ring (bicyclic) bond motifs is 3. The zero-order valence-corrected chi connectivity index (χ0v) is 14.3. The molecule has 4 nitrogen and oxygen atoms in total. The first-order valence-corrected chi connectivity index (χ1v) is 8.37. The van der Waals surface area contributed by atoms with Crippen LogP contribution in [0.25, 0.3) is 17.0 Å². The molecule has 0 saturated heterocycles. The van der Waals surface area contributed by atoms with Crippen LogP contribution in [-0.4, -0.2) is 29.5 Å². The second kappa shape index (κ2) is 6.13. The first kappa shape index (κ1) is 15.5. The molecular formula is C21H20N2O2. The van der Waals surface area contributed by atoms with Gasteiger partial charge in [0.1, 0.15) is 0 Å². The summed E-state index contributed by atoms with van der Waals surface area (Å²) in [6, 6.07) is 11.9. The quantitative estimate of drug-likeness (QED) is 0.753. The summed E-state index contributed by atoms with van der Waals surface area (Å²) in [4.78, 5) is 8.17. The first-order chi connectivity index (χ1) is 12.2. The van der Waals surface area contributed by atoms with E-state index in [1.54, 1.807) is 13.2 Å². The van der Waals surface area contributed by atoms with Gasteiger partial charge < -0.3 is 14.8 Å². The highest BCUT2D eigenvalue weighted by atomic mass is 16.5. The predicted molar refractivity (Wildman–Crippen MR) is 102 cm³/mol. The summed E-state index contributed by atoms with van der Waals surface area (Å²) in [5, 5.41) is 11.5. The summed E-state index contributed by atoms with van der Waals surface area (Å²) in [7, 11) is 1.55. The van der Waals surface area contributed by atoms with E-state index in [2.05, 4.69) is 35.1 Å². The average Bonchev–Trinajstić information content (AvgIpc) is 2.99. The summed E-state index contributed by atoms with van der Waals surface area (Å²) in [6.07, 6.45) is 4.78. The number of hydrogen-bond donors (Lipinski definition) is 2. The van der Waals surface area contributed by atoms with Crippen molar-refractivity contribution in [3.05, 3.63) is 64.9 Å². The van der Waals surface area contributed by atoms with Crippen LogP contribution >= 0.6 is 0 Å². The fourth-order valence-corrected chi connectivity index (χ4v) is 3.36. The summed E-state index contributed by atoms with van der Waals surface area (Å²) in [5.41, 5.74) is 6.40. The summed E-state index contributed by atoms with van der Waals surface area (Å²) in [6.45, 7) is 2.87. The van der Waals surface area contributed by atoms with Gasteiger partial charge in [-0.05, 0) is 48.8 Å². The van der Waals surface area contributed by atoms with Crippen molar-refractivity contribution in [2.75, 3.05) is 13.7 Å². The Hall–Kier alpha value is -3.01. The highest BCUT2D eigenvalue weighted by Gasteiger charge is 2.18. The van der Waals surface area contributed by atoms with Gasteiger partial charge in [-0.25, -0.2) is 0 Å². The number of rotatable bonds is 3. The highest BCUT2D eigenvalue weighted by molar-refractivity contribution is 6.14. The second-order valence-corrected chi connectivity index (χ2v) is 6.28. The fourth-order valence-electron chi connectivity index (χ4n) is 3.36. The van der Waals surface area contributed by atoms with Gasteiger partial charge >= 0.3 is 0 Å². The van der Waals surface area contributed by atoms with Gasteiger partial charge in [-0.3, -0.25) is 4.99 Å². The van der Waals surface area contributed by atoms with Crippen molar-refractivity contribution in [1.29, 1.82) is 0 Å². The van der Waals surface area contributed by atoms with E-state index in [9.17, 15) is 5.11 Å². The van der Waals surface area contributed by atoms with Crippen LogP contribution in [0.15, 0.2) is 47.5 Å². The lowest BCUT2D eigenvalue weighted by Crippen LogP contribution is -2.09. The van der Waals surface area contributed by atoms with E-state index in [4.69, 9.17) is 4.74 Å². The van der Waals surface area contributed by atoms with E-state index in [1.807, 2.05) is 24.3 Å². The minimum absolute atomic E-state index is 0.144. The first-order valence-electron chi connectivity index (χ1n) is 8.37. The Balaban J connectivity index is 1.74. The zero-order valence-electron chi connectivity index (χ0n) is 14.3. The molecule has 0 fully saturated rings. The van der Waals surface area contributed by atoms with E-state index in [1.165, 1.54) is 16.5 Å². The lowest BCUT2D eigenvalue weighted by atomic mass is 10.0. The summed E-state index contributed by atoms with van der Waals surface area (Å²) >= 11 is 0. The van der Waals surface area contributed by atoms with Crippen LogP contribution in [0.3, 0.4) is 0 Å². The Morgan fingerprint density at radius 3 is 2.92 bits per heavy atom. The molecule has 1 aliphatic heterocycles. The monoisotopic (exact) mass is 332 g/mol. The lowest BCUT2D eigenvalue weighted by molar-refractivity contribution is 0.373. The Labute approximate surface area is 146 Å². The van der Waals surface area contributed by atoms with Crippen LogP contribution in [-0.2, 0) is 6.42 Å². The number of aryl methyl sites for hydroxylation is 1. The molecule has 25 heavy (non-hydrogen) atoms. The molecule has 0 radical (unpaired) electrons. The molecule has 4 rings (SSSR count). The number of phenols is 1. The van der Waals surface area contributed by atoms with E-state index in [-0.39, 0.29) is 5.75 Å². The van der Waals surface area contributed by atoms with Crippen molar-refractivity contribution in [3.8, 4) is 11.5 Å². The van der Waals surface area contributed by atoms with Crippen molar-refractivity contribution < 1.29 is 9.84 Å². The van der Waals surface area contributed by atoms with E-state index >= 15 is 0 Å². The fraction of sp³-hybridized carbons (Fsp3) is 0.190. The maximum absolute atomic E-state index is 10.2. The molecule has 0 spiro atoms. The average molecular weight is 332 g/mol. The maximum atomic E-state index is 10.2. The second-order valence-electron chi connectivity index (χ2n) is 6.28. The van der Waals surface area contributed by atoms with E-state index in [0.29, 0.717) is 11.3 Å². The number of H-pyrrole nitrogens is 1. The largest absolute Gasteiger partial charge is 0.504 e. The van der Waals surface area contributed by atoms with Crippen LogP contribution in [0.1, 0.15) is 22.4 Å². The molecule has 4 heteroatoms. The smallest absolute Gasteiger partial charge is 0.165 e. The van der Waals surface area contributed by atoms with Crippen molar-refractivity contribution in [1.82, 2.24) is 4.98 Å². The topological polar surface area (TPSA) is 57.6 Å². The molecular weight excluding hydrogens is 312 g/mol. The van der Waals surface area contributed by atoms with Gasteiger partial charge in [0, 0.05) is 23.0 Å². The number of allylic oxidation sites excluding steroid dienone is 1. The number of methoxy groups -OCH3 is 1. The maximum Gasteiger partial charge on any atom is 0.165 e. The molecule has 1 aromatic heterocycles. The SMILES string of the molecule is COc1cccc(C=CC2=NCCc3c2[nH]c2cc(C)ccc32)c1O. The molecule has 0 saturated carbocycles. The van der Waals surface area contributed by atoms with Crippen LogP contribution in [0.2, 0.25) is 0 Å². The number of benzene rings is 2. The third kappa shape index (κ3) is 2.70. The summed E-state index contributed by atoms with van der Waals surface area (Å²) in [5.74, 6) is 0.611. The number of nitrogens with zero attached hydrogens (tertiary/aromatic N) is 1. The predicted octanol–water partition coefficient (Wildman–Crippen LogP) is 4.25. The third-order valence-corrected chi connectivity index (χ3v) is 4.63. The molecule has 0 atom stereocenters. The molecule has 126 valence electrons. The lowest BCUT2D eigenvalue weighted by Gasteiger charge is -2.11. The molecule has 2 heterocycles. The van der Waals surface area contributed by atoms with E-state index < -0.39 is 0 Å². The number of aromatic hydroxyl groups is 1. The van der Waals surface area contributed by atoms with Crippen molar-refractivity contribution in [3.63, 3.8) is 0 Å². The van der Waals surface area contributed by atoms with E-state index in [0.717, 1.165) is 29.9 Å². The molecule has 0 aliphatic carbocycles. The Morgan fingerprint density at radius 1 is 1.20 bits per heavy atom.